The molecule has 1 aromatic carbocycles. The molecule has 0 saturated carbocycles. The van der Waals surface area contributed by atoms with Crippen LogP contribution in [0.2, 0.25) is 0 Å². The zero-order chi connectivity index (χ0) is 11.2. The van der Waals surface area contributed by atoms with Crippen molar-refractivity contribution in [2.45, 2.75) is 32.9 Å². The van der Waals surface area contributed by atoms with E-state index in [4.69, 9.17) is 0 Å². The lowest BCUT2D eigenvalue weighted by Gasteiger charge is -1.97. The van der Waals surface area contributed by atoms with E-state index in [2.05, 4.69) is 53.2 Å². The highest BCUT2D eigenvalue weighted by atomic mass is 15.3. The zero-order valence-corrected chi connectivity index (χ0v) is 9.71. The lowest BCUT2D eigenvalue weighted by atomic mass is 10.1. The number of benzene rings is 1. The van der Waals surface area contributed by atoms with Crippen molar-refractivity contribution >= 4 is 0 Å². The third-order valence-corrected chi connectivity index (χ3v) is 2.58. The van der Waals surface area contributed by atoms with Crippen LogP contribution in [0.4, 0.5) is 0 Å². The lowest BCUT2D eigenvalue weighted by molar-refractivity contribution is -0.697. The van der Waals surface area contributed by atoms with Crippen LogP contribution in [0, 0.1) is 0 Å². The van der Waals surface area contributed by atoms with Gasteiger partial charge in [-0.3, -0.25) is 0 Å². The predicted octanol–water partition coefficient (Wildman–Crippen LogP) is 1.82. The number of hydrogen-bond acceptors (Lipinski definition) is 1. The molecule has 0 radical (unpaired) electrons. The Hall–Kier alpha value is -1.64. The molecule has 0 N–H and O–H groups in total. The minimum absolute atomic E-state index is 0.994. The molecule has 0 atom stereocenters. The van der Waals surface area contributed by atoms with Gasteiger partial charge >= 0.3 is 0 Å². The first-order valence-electron chi connectivity index (χ1n) is 5.84. The molecule has 0 fully saturated rings. The zero-order valence-electron chi connectivity index (χ0n) is 9.71. The molecule has 0 bridgehead atoms. The second-order valence-corrected chi connectivity index (χ2v) is 3.98. The molecule has 0 aliphatic carbocycles. The normalized spacial score (nSPS) is 10.6. The highest BCUT2D eigenvalue weighted by Gasteiger charge is 2.04. The van der Waals surface area contributed by atoms with Gasteiger partial charge in [-0.1, -0.05) is 37.3 Å². The Labute approximate surface area is 96.4 Å². The van der Waals surface area contributed by atoms with Gasteiger partial charge in [-0.25, -0.2) is 4.57 Å². The molecule has 1 aromatic heterocycles. The summed E-state index contributed by atoms with van der Waals surface area (Å²) in [6.45, 7) is 4.15. The molecule has 1 heterocycles. The van der Waals surface area contributed by atoms with E-state index in [0.717, 1.165) is 25.9 Å². The van der Waals surface area contributed by atoms with Crippen LogP contribution in [0.3, 0.4) is 0 Å². The molecule has 2 rings (SSSR count). The second kappa shape index (κ2) is 5.45. The Balaban J connectivity index is 1.89. The minimum atomic E-state index is 0.994. The van der Waals surface area contributed by atoms with Gasteiger partial charge in [0.15, 0.2) is 0 Å². The van der Waals surface area contributed by atoms with Gasteiger partial charge < -0.3 is 0 Å². The van der Waals surface area contributed by atoms with E-state index in [1.54, 1.807) is 0 Å². The maximum absolute atomic E-state index is 4.30. The fourth-order valence-electron chi connectivity index (χ4n) is 1.73. The van der Waals surface area contributed by atoms with Gasteiger partial charge in [0.25, 0.3) is 6.33 Å². The molecule has 2 aromatic rings. The third kappa shape index (κ3) is 2.92. The van der Waals surface area contributed by atoms with Gasteiger partial charge in [0, 0.05) is 11.5 Å². The van der Waals surface area contributed by atoms with Crippen molar-refractivity contribution < 1.29 is 4.57 Å². The van der Waals surface area contributed by atoms with E-state index in [1.807, 2.05) is 11.0 Å². The van der Waals surface area contributed by atoms with Crippen molar-refractivity contribution in [2.75, 3.05) is 0 Å². The van der Waals surface area contributed by atoms with Crippen molar-refractivity contribution in [3.05, 3.63) is 48.5 Å². The quantitative estimate of drug-likeness (QED) is 0.699. The first-order chi connectivity index (χ1) is 7.88. The average Bonchev–Trinajstić information content (AvgIpc) is 2.76. The summed E-state index contributed by atoms with van der Waals surface area (Å²) in [6.07, 6.45) is 6.16. The summed E-state index contributed by atoms with van der Waals surface area (Å²) in [5, 5.41) is 4.30. The Morgan fingerprint density at radius 2 is 2.06 bits per heavy atom. The number of aryl methyl sites for hydroxylation is 3. The van der Waals surface area contributed by atoms with Gasteiger partial charge in [0.1, 0.15) is 6.54 Å². The van der Waals surface area contributed by atoms with E-state index < -0.39 is 0 Å². The van der Waals surface area contributed by atoms with Crippen LogP contribution >= 0.6 is 0 Å². The summed E-state index contributed by atoms with van der Waals surface area (Å²) in [5.41, 5.74) is 1.37. The van der Waals surface area contributed by atoms with Crippen LogP contribution < -0.4 is 4.57 Å². The summed E-state index contributed by atoms with van der Waals surface area (Å²) in [4.78, 5) is 0. The number of rotatable bonds is 5. The largest absolute Gasteiger partial charge is 0.265 e. The molecule has 0 amide bonds. The third-order valence-electron chi connectivity index (χ3n) is 2.58. The van der Waals surface area contributed by atoms with Crippen molar-refractivity contribution in [1.82, 2.24) is 9.78 Å². The van der Waals surface area contributed by atoms with Crippen LogP contribution in [0.25, 0.3) is 0 Å². The second-order valence-electron chi connectivity index (χ2n) is 3.98. The van der Waals surface area contributed by atoms with Crippen molar-refractivity contribution in [3.63, 3.8) is 0 Å². The number of nitrogens with zero attached hydrogens (tertiary/aromatic N) is 3. The molecule has 0 saturated heterocycles. The lowest BCUT2D eigenvalue weighted by Crippen LogP contribution is -2.32. The van der Waals surface area contributed by atoms with E-state index >= 15 is 0 Å². The Bertz CT molecular complexity index is 420. The molecule has 0 unspecified atom stereocenters. The molecule has 3 nitrogen and oxygen atoms in total. The fourth-order valence-corrected chi connectivity index (χ4v) is 1.73. The standard InChI is InChI=1S/C13H18N3/c1-2-9-16-12-15(11-14-16)10-8-13-6-4-3-5-7-13/h3-7,11-12H,2,8-10H2,1H3/q+1. The molecular weight excluding hydrogens is 198 g/mol. The van der Waals surface area contributed by atoms with Gasteiger partial charge in [0.05, 0.1) is 6.54 Å². The van der Waals surface area contributed by atoms with E-state index in [9.17, 15) is 0 Å². The maximum atomic E-state index is 4.30. The summed E-state index contributed by atoms with van der Waals surface area (Å²) in [6, 6.07) is 10.5. The van der Waals surface area contributed by atoms with Crippen LogP contribution in [0.1, 0.15) is 18.9 Å². The van der Waals surface area contributed by atoms with Crippen molar-refractivity contribution in [2.24, 2.45) is 0 Å². The highest BCUT2D eigenvalue weighted by Crippen LogP contribution is 1.98. The Morgan fingerprint density at radius 3 is 2.81 bits per heavy atom. The SMILES string of the molecule is CCCn1c[n+](CCc2ccccc2)cn1. The van der Waals surface area contributed by atoms with Crippen molar-refractivity contribution in [3.8, 4) is 0 Å². The summed E-state index contributed by atoms with van der Waals surface area (Å²) in [5.74, 6) is 0. The molecule has 3 heteroatoms. The molecular formula is C13H18N3+. The molecule has 16 heavy (non-hydrogen) atoms. The first-order valence-corrected chi connectivity index (χ1v) is 5.84. The van der Waals surface area contributed by atoms with E-state index in [0.29, 0.717) is 0 Å². The van der Waals surface area contributed by atoms with Crippen LogP contribution in [-0.4, -0.2) is 9.78 Å². The van der Waals surface area contributed by atoms with Crippen LogP contribution in [-0.2, 0) is 19.5 Å². The van der Waals surface area contributed by atoms with Crippen molar-refractivity contribution in [1.29, 1.82) is 0 Å². The van der Waals surface area contributed by atoms with Gasteiger partial charge in [-0.15, -0.1) is 4.68 Å². The van der Waals surface area contributed by atoms with Crippen LogP contribution in [0.5, 0.6) is 0 Å². The summed E-state index contributed by atoms with van der Waals surface area (Å²) >= 11 is 0. The molecule has 0 aliphatic rings. The number of aromatic nitrogens is 3. The minimum Gasteiger partial charge on any atom is -0.237 e. The van der Waals surface area contributed by atoms with Gasteiger partial charge in [-0.05, 0) is 12.0 Å². The highest BCUT2D eigenvalue weighted by molar-refractivity contribution is 5.14. The number of hydrogen-bond donors (Lipinski definition) is 0. The fraction of sp³-hybridized carbons (Fsp3) is 0.385. The topological polar surface area (TPSA) is 21.7 Å². The molecule has 84 valence electrons. The predicted molar refractivity (Wildman–Crippen MR) is 62.9 cm³/mol. The average molecular weight is 216 g/mol. The smallest absolute Gasteiger partial charge is 0.237 e. The van der Waals surface area contributed by atoms with E-state index in [-0.39, 0.29) is 0 Å². The first kappa shape index (κ1) is 10.9. The van der Waals surface area contributed by atoms with E-state index in [1.165, 1.54) is 5.56 Å². The monoisotopic (exact) mass is 216 g/mol. The van der Waals surface area contributed by atoms with Gasteiger partial charge in [-0.2, -0.15) is 0 Å². The van der Waals surface area contributed by atoms with Gasteiger partial charge in [0.2, 0.25) is 6.33 Å². The Kier molecular flexibility index (Phi) is 3.70. The Morgan fingerprint density at radius 1 is 1.25 bits per heavy atom. The summed E-state index contributed by atoms with van der Waals surface area (Å²) < 4.78 is 4.13. The molecule has 0 spiro atoms. The summed E-state index contributed by atoms with van der Waals surface area (Å²) in [7, 11) is 0. The van der Waals surface area contributed by atoms with Crippen LogP contribution in [0.15, 0.2) is 43.0 Å². The molecule has 0 aliphatic heterocycles. The maximum Gasteiger partial charge on any atom is 0.265 e.